The van der Waals surface area contributed by atoms with Crippen molar-refractivity contribution in [2.24, 2.45) is 0 Å². The fourth-order valence-corrected chi connectivity index (χ4v) is 3.37. The Hall–Kier alpha value is -1.75. The molecule has 0 saturated carbocycles. The van der Waals surface area contributed by atoms with Gasteiger partial charge in [0.05, 0.1) is 0 Å². The van der Waals surface area contributed by atoms with Crippen molar-refractivity contribution in [3.8, 4) is 0 Å². The Labute approximate surface area is 119 Å². The van der Waals surface area contributed by atoms with Crippen LogP contribution in [0.5, 0.6) is 0 Å². The lowest BCUT2D eigenvalue weighted by atomic mass is 9.99. The van der Waals surface area contributed by atoms with Crippen molar-refractivity contribution < 1.29 is 4.79 Å². The minimum Gasteiger partial charge on any atom is -0.399 e. The number of carbonyl (C=O) groups excluding carboxylic acids is 1. The molecule has 0 bridgehead atoms. The lowest BCUT2D eigenvalue weighted by Gasteiger charge is -2.32. The lowest BCUT2D eigenvalue weighted by Crippen LogP contribution is -2.47. The van der Waals surface area contributed by atoms with E-state index < -0.39 is 0 Å². The van der Waals surface area contributed by atoms with Crippen molar-refractivity contribution in [2.75, 3.05) is 24.1 Å². The molecule has 2 amide bonds. The smallest absolute Gasteiger partial charge is 0.319 e. The zero-order chi connectivity index (χ0) is 13.9. The van der Waals surface area contributed by atoms with E-state index in [-0.39, 0.29) is 12.1 Å². The summed E-state index contributed by atoms with van der Waals surface area (Å²) < 4.78 is 0. The first-order valence-electron chi connectivity index (χ1n) is 7.39. The molecule has 3 rings (SSSR count). The fourth-order valence-electron chi connectivity index (χ4n) is 3.37. The molecule has 1 aromatic carbocycles. The Morgan fingerprint density at radius 1 is 1.25 bits per heavy atom. The third-order valence-electron chi connectivity index (χ3n) is 4.32. The number of hydrogen-bond donors (Lipinski definition) is 3. The molecule has 2 unspecified atom stereocenters. The van der Waals surface area contributed by atoms with Crippen LogP contribution >= 0.6 is 0 Å². The molecule has 0 aliphatic carbocycles. The van der Waals surface area contributed by atoms with Gasteiger partial charge in [0.2, 0.25) is 0 Å². The monoisotopic (exact) mass is 274 g/mol. The van der Waals surface area contributed by atoms with Crippen molar-refractivity contribution in [2.45, 2.75) is 37.8 Å². The van der Waals surface area contributed by atoms with E-state index in [4.69, 9.17) is 5.73 Å². The number of fused-ring (bicyclic) bond motifs is 1. The SMILES string of the molecule is Nc1cccc(NC(=O)NC2CCN3CCCCC23)c1. The minimum absolute atomic E-state index is 0.131. The molecule has 2 atom stereocenters. The van der Waals surface area contributed by atoms with Gasteiger partial charge in [-0.2, -0.15) is 0 Å². The standard InChI is InChI=1S/C15H22N4O/c16-11-4-3-5-12(10-11)17-15(20)18-13-7-9-19-8-2-1-6-14(13)19/h3-5,10,13-14H,1-2,6-9,16H2,(H2,17,18,20). The van der Waals surface area contributed by atoms with Crippen molar-refractivity contribution in [3.05, 3.63) is 24.3 Å². The molecule has 4 N–H and O–H groups in total. The number of nitrogen functional groups attached to an aromatic ring is 1. The molecule has 20 heavy (non-hydrogen) atoms. The molecular weight excluding hydrogens is 252 g/mol. The number of nitrogens with two attached hydrogens (primary N) is 1. The summed E-state index contributed by atoms with van der Waals surface area (Å²) in [5, 5.41) is 5.97. The molecule has 2 aliphatic rings. The van der Waals surface area contributed by atoms with Crippen LogP contribution in [0.3, 0.4) is 0 Å². The Bertz CT molecular complexity index is 491. The van der Waals surface area contributed by atoms with Gasteiger partial charge in [-0.3, -0.25) is 4.90 Å². The normalized spacial score (nSPS) is 26.0. The van der Waals surface area contributed by atoms with Gasteiger partial charge in [-0.05, 0) is 44.0 Å². The molecule has 108 valence electrons. The summed E-state index contributed by atoms with van der Waals surface area (Å²) >= 11 is 0. The number of piperidine rings is 1. The van der Waals surface area contributed by atoms with Gasteiger partial charge in [0.1, 0.15) is 0 Å². The Morgan fingerprint density at radius 3 is 3.00 bits per heavy atom. The van der Waals surface area contributed by atoms with Gasteiger partial charge in [-0.15, -0.1) is 0 Å². The van der Waals surface area contributed by atoms with E-state index in [2.05, 4.69) is 15.5 Å². The maximum atomic E-state index is 12.1. The summed E-state index contributed by atoms with van der Waals surface area (Å²) in [5.41, 5.74) is 7.10. The molecule has 1 aromatic rings. The van der Waals surface area contributed by atoms with Crippen LogP contribution in [0.15, 0.2) is 24.3 Å². The molecule has 5 heteroatoms. The second-order valence-electron chi connectivity index (χ2n) is 5.72. The van der Waals surface area contributed by atoms with E-state index >= 15 is 0 Å². The third-order valence-corrected chi connectivity index (χ3v) is 4.32. The van der Waals surface area contributed by atoms with Crippen molar-refractivity contribution in [3.63, 3.8) is 0 Å². The van der Waals surface area contributed by atoms with Crippen LogP contribution < -0.4 is 16.4 Å². The van der Waals surface area contributed by atoms with Crippen molar-refractivity contribution in [1.29, 1.82) is 0 Å². The number of urea groups is 1. The van der Waals surface area contributed by atoms with Crippen LogP contribution in [0.1, 0.15) is 25.7 Å². The minimum atomic E-state index is -0.131. The molecule has 0 radical (unpaired) electrons. The highest BCUT2D eigenvalue weighted by Gasteiger charge is 2.36. The van der Waals surface area contributed by atoms with Crippen LogP contribution in [0.2, 0.25) is 0 Å². The number of carbonyl (C=O) groups is 1. The fraction of sp³-hybridized carbons (Fsp3) is 0.533. The summed E-state index contributed by atoms with van der Waals surface area (Å²) in [7, 11) is 0. The van der Waals surface area contributed by atoms with Gasteiger partial charge in [-0.1, -0.05) is 12.5 Å². The second-order valence-corrected chi connectivity index (χ2v) is 5.72. The number of anilines is 2. The summed E-state index contributed by atoms with van der Waals surface area (Å²) in [5.74, 6) is 0. The summed E-state index contributed by atoms with van der Waals surface area (Å²) in [4.78, 5) is 14.6. The number of rotatable bonds is 2. The third kappa shape index (κ3) is 2.88. The van der Waals surface area contributed by atoms with Crippen LogP contribution in [0, 0.1) is 0 Å². The summed E-state index contributed by atoms with van der Waals surface area (Å²) in [6.45, 7) is 2.29. The second kappa shape index (κ2) is 5.71. The Balaban J connectivity index is 1.56. The lowest BCUT2D eigenvalue weighted by molar-refractivity contribution is 0.180. The van der Waals surface area contributed by atoms with E-state index in [0.717, 1.165) is 18.7 Å². The molecule has 2 saturated heterocycles. The maximum Gasteiger partial charge on any atom is 0.319 e. The molecule has 0 aromatic heterocycles. The predicted molar refractivity (Wildman–Crippen MR) is 80.6 cm³/mol. The Kier molecular flexibility index (Phi) is 3.78. The first kappa shape index (κ1) is 13.2. The number of nitrogens with zero attached hydrogens (tertiary/aromatic N) is 1. The zero-order valence-corrected chi connectivity index (χ0v) is 11.6. The highest BCUT2D eigenvalue weighted by Crippen LogP contribution is 2.27. The largest absolute Gasteiger partial charge is 0.399 e. The van der Waals surface area contributed by atoms with Gasteiger partial charge in [0, 0.05) is 30.0 Å². The topological polar surface area (TPSA) is 70.4 Å². The predicted octanol–water partition coefficient (Wildman–Crippen LogP) is 2.02. The number of nitrogens with one attached hydrogen (secondary N) is 2. The highest BCUT2D eigenvalue weighted by molar-refractivity contribution is 5.90. The quantitative estimate of drug-likeness (QED) is 0.723. The first-order valence-corrected chi connectivity index (χ1v) is 7.39. The van der Waals surface area contributed by atoms with Crippen molar-refractivity contribution in [1.82, 2.24) is 10.2 Å². The van der Waals surface area contributed by atoms with Crippen LogP contribution in [-0.4, -0.2) is 36.1 Å². The van der Waals surface area contributed by atoms with Gasteiger partial charge < -0.3 is 16.4 Å². The zero-order valence-electron chi connectivity index (χ0n) is 11.6. The number of benzene rings is 1. The average molecular weight is 274 g/mol. The van der Waals surface area contributed by atoms with Crippen LogP contribution in [0.4, 0.5) is 16.2 Å². The summed E-state index contributed by atoms with van der Waals surface area (Å²) in [6, 6.07) is 7.92. The molecule has 0 spiro atoms. The average Bonchev–Trinajstić information content (AvgIpc) is 2.82. The van der Waals surface area contributed by atoms with E-state index in [1.807, 2.05) is 12.1 Å². The number of hydrogen-bond acceptors (Lipinski definition) is 3. The first-order chi connectivity index (χ1) is 9.72. The maximum absolute atomic E-state index is 12.1. The molecule has 5 nitrogen and oxygen atoms in total. The molecule has 2 heterocycles. The van der Waals surface area contributed by atoms with Gasteiger partial charge in [0.15, 0.2) is 0 Å². The highest BCUT2D eigenvalue weighted by atomic mass is 16.2. The van der Waals surface area contributed by atoms with Crippen molar-refractivity contribution >= 4 is 17.4 Å². The molecular formula is C15H22N4O. The molecule has 2 fully saturated rings. The van der Waals surface area contributed by atoms with Crippen LogP contribution in [0.25, 0.3) is 0 Å². The number of amides is 2. The van der Waals surface area contributed by atoms with Gasteiger partial charge >= 0.3 is 6.03 Å². The van der Waals surface area contributed by atoms with Gasteiger partial charge in [-0.25, -0.2) is 4.79 Å². The summed E-state index contributed by atoms with van der Waals surface area (Å²) in [6.07, 6.45) is 4.81. The Morgan fingerprint density at radius 2 is 2.15 bits per heavy atom. The van der Waals surface area contributed by atoms with E-state index in [1.165, 1.54) is 25.8 Å². The van der Waals surface area contributed by atoms with E-state index in [0.29, 0.717) is 11.7 Å². The molecule has 2 aliphatic heterocycles. The van der Waals surface area contributed by atoms with Gasteiger partial charge in [0.25, 0.3) is 0 Å². The van der Waals surface area contributed by atoms with E-state index in [9.17, 15) is 4.79 Å². The van der Waals surface area contributed by atoms with Crippen LogP contribution in [-0.2, 0) is 0 Å². The van der Waals surface area contributed by atoms with E-state index in [1.54, 1.807) is 12.1 Å².